The summed E-state index contributed by atoms with van der Waals surface area (Å²) in [5, 5.41) is -0.178. The second-order valence-electron chi connectivity index (χ2n) is 4.43. The lowest BCUT2D eigenvalue weighted by atomic mass is 10.1. The molecule has 0 aliphatic carbocycles. The average molecular weight is 295 g/mol. The zero-order chi connectivity index (χ0) is 14.0. The number of nitrogens with one attached hydrogen (secondary N) is 2. The van der Waals surface area contributed by atoms with Crippen LogP contribution >= 0.6 is 11.6 Å². The van der Waals surface area contributed by atoms with Gasteiger partial charge in [0, 0.05) is 13.3 Å². The number of sulfonamides is 1. The molecule has 0 spiro atoms. The molecule has 102 valence electrons. The summed E-state index contributed by atoms with van der Waals surface area (Å²) in [5.74, 6) is 0. The number of hydrogen-bond acceptors (Lipinski definition) is 4. The van der Waals surface area contributed by atoms with Crippen molar-refractivity contribution in [3.05, 3.63) is 27.6 Å². The van der Waals surface area contributed by atoms with Gasteiger partial charge >= 0.3 is 0 Å². The molecule has 0 unspecified atom stereocenters. The molecule has 1 rings (SSSR count). The first kappa shape index (κ1) is 15.2. The fraction of sp³-hybridized carbons (Fsp3) is 0.500. The highest BCUT2D eigenvalue weighted by Gasteiger charge is 2.26. The summed E-state index contributed by atoms with van der Waals surface area (Å²) >= 11 is 5.59. The van der Waals surface area contributed by atoms with Gasteiger partial charge in [0.25, 0.3) is 5.56 Å². The Morgan fingerprint density at radius 1 is 1.50 bits per heavy atom. The minimum atomic E-state index is -3.76. The summed E-state index contributed by atoms with van der Waals surface area (Å²) < 4.78 is 31.5. The molecule has 0 saturated carbocycles. The van der Waals surface area contributed by atoms with Crippen LogP contribution in [0, 0.1) is 0 Å². The first-order valence-electron chi connectivity index (χ1n) is 5.09. The third kappa shape index (κ3) is 3.81. The molecular weight excluding hydrogens is 280 g/mol. The van der Waals surface area contributed by atoms with Crippen molar-refractivity contribution in [1.82, 2.24) is 9.71 Å². The third-order valence-corrected chi connectivity index (χ3v) is 4.02. The highest BCUT2D eigenvalue weighted by molar-refractivity contribution is 7.89. The SMILES string of the molecule is COCC(C)(C)NS(=O)(=O)c1c[nH]c(=O)c(Cl)c1. The molecule has 0 aliphatic rings. The fourth-order valence-electron chi connectivity index (χ4n) is 1.41. The van der Waals surface area contributed by atoms with Crippen LogP contribution in [-0.4, -0.2) is 32.7 Å². The van der Waals surface area contributed by atoms with Gasteiger partial charge in [-0.1, -0.05) is 11.6 Å². The van der Waals surface area contributed by atoms with Crippen LogP contribution in [0.5, 0.6) is 0 Å². The van der Waals surface area contributed by atoms with Crippen LogP contribution in [0.15, 0.2) is 22.0 Å². The Bertz CT molecular complexity index is 580. The molecule has 1 heterocycles. The standard InChI is InChI=1S/C10H15ClN2O4S/c1-10(2,6-17-3)13-18(15,16)7-4-8(11)9(14)12-5-7/h4-5,13H,6H2,1-3H3,(H,12,14). The van der Waals surface area contributed by atoms with Crippen molar-refractivity contribution in [2.24, 2.45) is 0 Å². The molecular formula is C10H15ClN2O4S. The van der Waals surface area contributed by atoms with Gasteiger partial charge in [-0.2, -0.15) is 0 Å². The Balaban J connectivity index is 3.07. The number of rotatable bonds is 5. The van der Waals surface area contributed by atoms with Crippen LogP contribution in [0.1, 0.15) is 13.8 Å². The molecule has 0 amide bonds. The largest absolute Gasteiger partial charge is 0.383 e. The number of aromatic nitrogens is 1. The Morgan fingerprint density at radius 2 is 2.11 bits per heavy atom. The molecule has 0 bridgehead atoms. The van der Waals surface area contributed by atoms with E-state index in [0.29, 0.717) is 0 Å². The summed E-state index contributed by atoms with van der Waals surface area (Å²) in [4.78, 5) is 13.2. The number of halogens is 1. The van der Waals surface area contributed by atoms with Crippen LogP contribution in [0.25, 0.3) is 0 Å². The fourth-order valence-corrected chi connectivity index (χ4v) is 3.03. The van der Waals surface area contributed by atoms with Gasteiger partial charge in [-0.3, -0.25) is 4.79 Å². The van der Waals surface area contributed by atoms with Gasteiger partial charge in [-0.15, -0.1) is 0 Å². The predicted molar refractivity (Wildman–Crippen MR) is 68.3 cm³/mol. The van der Waals surface area contributed by atoms with Crippen LogP contribution in [0.4, 0.5) is 0 Å². The Kier molecular flexibility index (Phi) is 4.55. The predicted octanol–water partition coefficient (Wildman–Crippen LogP) is 0.732. The van der Waals surface area contributed by atoms with Crippen molar-refractivity contribution >= 4 is 21.6 Å². The lowest BCUT2D eigenvalue weighted by Crippen LogP contribution is -2.46. The highest BCUT2D eigenvalue weighted by atomic mass is 35.5. The van der Waals surface area contributed by atoms with E-state index >= 15 is 0 Å². The number of H-pyrrole nitrogens is 1. The highest BCUT2D eigenvalue weighted by Crippen LogP contribution is 2.14. The molecule has 18 heavy (non-hydrogen) atoms. The van der Waals surface area contributed by atoms with Crippen molar-refractivity contribution < 1.29 is 13.2 Å². The smallest absolute Gasteiger partial charge is 0.266 e. The van der Waals surface area contributed by atoms with Crippen molar-refractivity contribution in [3.63, 3.8) is 0 Å². The van der Waals surface area contributed by atoms with Crippen LogP contribution in [0.3, 0.4) is 0 Å². The number of methoxy groups -OCH3 is 1. The number of hydrogen-bond donors (Lipinski definition) is 2. The summed E-state index contributed by atoms with van der Waals surface area (Å²) in [7, 11) is -2.28. The molecule has 1 aromatic rings. The monoisotopic (exact) mass is 294 g/mol. The van der Waals surface area contributed by atoms with Crippen molar-refractivity contribution in [1.29, 1.82) is 0 Å². The van der Waals surface area contributed by atoms with E-state index in [-0.39, 0.29) is 16.5 Å². The van der Waals surface area contributed by atoms with E-state index in [1.54, 1.807) is 13.8 Å². The Hall–Kier alpha value is -0.890. The van der Waals surface area contributed by atoms with Gasteiger partial charge in [-0.05, 0) is 19.9 Å². The summed E-state index contributed by atoms with van der Waals surface area (Å²) in [6.07, 6.45) is 1.10. The zero-order valence-corrected chi connectivity index (χ0v) is 11.9. The summed E-state index contributed by atoms with van der Waals surface area (Å²) in [6, 6.07) is 1.10. The normalized spacial score (nSPS) is 12.7. The second kappa shape index (κ2) is 5.40. The Morgan fingerprint density at radius 3 is 2.61 bits per heavy atom. The maximum absolute atomic E-state index is 12.0. The van der Waals surface area contributed by atoms with Crippen LogP contribution < -0.4 is 10.3 Å². The molecule has 6 nitrogen and oxygen atoms in total. The van der Waals surface area contributed by atoms with E-state index in [2.05, 4.69) is 9.71 Å². The lowest BCUT2D eigenvalue weighted by Gasteiger charge is -2.24. The molecule has 0 radical (unpaired) electrons. The van der Waals surface area contributed by atoms with Gasteiger partial charge in [0.2, 0.25) is 10.0 Å². The first-order valence-corrected chi connectivity index (χ1v) is 6.95. The van der Waals surface area contributed by atoms with Gasteiger partial charge in [-0.25, -0.2) is 13.1 Å². The molecule has 0 aromatic carbocycles. The maximum Gasteiger partial charge on any atom is 0.266 e. The van der Waals surface area contributed by atoms with Gasteiger partial charge in [0.15, 0.2) is 0 Å². The molecule has 8 heteroatoms. The van der Waals surface area contributed by atoms with Crippen molar-refractivity contribution in [2.75, 3.05) is 13.7 Å². The van der Waals surface area contributed by atoms with E-state index in [9.17, 15) is 13.2 Å². The van der Waals surface area contributed by atoms with E-state index < -0.39 is 21.1 Å². The lowest BCUT2D eigenvalue weighted by molar-refractivity contribution is 0.141. The average Bonchev–Trinajstić information content (AvgIpc) is 2.20. The minimum Gasteiger partial charge on any atom is -0.383 e. The molecule has 2 N–H and O–H groups in total. The molecule has 0 atom stereocenters. The molecule has 0 saturated heterocycles. The molecule has 0 aliphatic heterocycles. The number of ether oxygens (including phenoxy) is 1. The van der Waals surface area contributed by atoms with Crippen molar-refractivity contribution in [2.45, 2.75) is 24.3 Å². The van der Waals surface area contributed by atoms with Gasteiger partial charge in [0.05, 0.1) is 17.0 Å². The van der Waals surface area contributed by atoms with Crippen LogP contribution in [-0.2, 0) is 14.8 Å². The number of pyridine rings is 1. The Labute approximate surface area is 110 Å². The molecule has 1 aromatic heterocycles. The van der Waals surface area contributed by atoms with E-state index in [4.69, 9.17) is 16.3 Å². The van der Waals surface area contributed by atoms with E-state index in [1.807, 2.05) is 0 Å². The molecule has 0 fully saturated rings. The van der Waals surface area contributed by atoms with E-state index in [1.165, 1.54) is 7.11 Å². The maximum atomic E-state index is 12.0. The third-order valence-electron chi connectivity index (χ3n) is 2.06. The number of aromatic amines is 1. The first-order chi connectivity index (χ1) is 8.18. The summed E-state index contributed by atoms with van der Waals surface area (Å²) in [5.41, 5.74) is -1.30. The zero-order valence-electron chi connectivity index (χ0n) is 10.3. The minimum absolute atomic E-state index is 0.101. The van der Waals surface area contributed by atoms with Crippen molar-refractivity contribution in [3.8, 4) is 0 Å². The van der Waals surface area contributed by atoms with E-state index in [0.717, 1.165) is 12.3 Å². The second-order valence-corrected chi connectivity index (χ2v) is 6.52. The quantitative estimate of drug-likeness (QED) is 0.838. The van der Waals surface area contributed by atoms with Gasteiger partial charge < -0.3 is 9.72 Å². The summed E-state index contributed by atoms with van der Waals surface area (Å²) in [6.45, 7) is 3.58. The van der Waals surface area contributed by atoms with Gasteiger partial charge in [0.1, 0.15) is 5.02 Å². The topological polar surface area (TPSA) is 88.3 Å². The van der Waals surface area contributed by atoms with Crippen LogP contribution in [0.2, 0.25) is 5.02 Å².